The molecule has 0 saturated heterocycles. The first kappa shape index (κ1) is 13.4. The lowest BCUT2D eigenvalue weighted by Crippen LogP contribution is -2.27. The van der Waals surface area contributed by atoms with E-state index in [1.165, 1.54) is 12.1 Å². The first-order chi connectivity index (χ1) is 9.15. The fraction of sp³-hybridized carbons (Fsp3) is 0.385. The Hall–Kier alpha value is -2.08. The Morgan fingerprint density at radius 1 is 1.42 bits per heavy atom. The molecule has 2 aromatic rings. The minimum absolute atomic E-state index is 0.0130. The minimum atomic E-state index is -0.999. The van der Waals surface area contributed by atoms with Crippen LogP contribution in [0.1, 0.15) is 23.7 Å². The first-order valence-electron chi connectivity index (χ1n) is 6.15. The number of aromatic carboxylic acids is 1. The minimum Gasteiger partial charge on any atom is -0.478 e. The molecule has 102 valence electrons. The molecule has 0 fully saturated rings. The van der Waals surface area contributed by atoms with Crippen LogP contribution in [0.3, 0.4) is 0 Å². The molecule has 0 amide bonds. The molecule has 0 aliphatic carbocycles. The van der Waals surface area contributed by atoms with Gasteiger partial charge in [0.2, 0.25) is 0 Å². The van der Waals surface area contributed by atoms with Crippen LogP contribution in [0.15, 0.2) is 22.6 Å². The number of hydrogen-bond donors (Lipinski definition) is 2. The largest absolute Gasteiger partial charge is 0.478 e. The highest BCUT2D eigenvalue weighted by Gasteiger charge is 2.14. The van der Waals surface area contributed by atoms with E-state index in [0.717, 1.165) is 13.0 Å². The maximum atomic E-state index is 10.9. The second-order valence-electron chi connectivity index (χ2n) is 4.19. The highest BCUT2D eigenvalue weighted by molar-refractivity contribution is 5.92. The number of fused-ring (bicyclic) bond motifs is 1. The summed E-state index contributed by atoms with van der Waals surface area (Å²) in [6, 6.07) is 4.98. The van der Waals surface area contributed by atoms with Gasteiger partial charge in [0.1, 0.15) is 5.52 Å². The lowest BCUT2D eigenvalue weighted by Gasteiger charge is -2.17. The van der Waals surface area contributed by atoms with Crippen molar-refractivity contribution in [2.75, 3.05) is 24.6 Å². The molecule has 2 N–H and O–H groups in total. The molecule has 0 atom stereocenters. The van der Waals surface area contributed by atoms with Gasteiger partial charge in [-0.3, -0.25) is 0 Å². The van der Waals surface area contributed by atoms with Gasteiger partial charge in [-0.1, -0.05) is 6.92 Å². The third-order valence-corrected chi connectivity index (χ3v) is 2.76. The number of rotatable bonds is 6. The maximum absolute atomic E-state index is 10.9. The molecule has 0 aliphatic rings. The van der Waals surface area contributed by atoms with Crippen molar-refractivity contribution < 1.29 is 19.4 Å². The van der Waals surface area contributed by atoms with Crippen LogP contribution in [0.25, 0.3) is 11.1 Å². The molecule has 6 heteroatoms. The van der Waals surface area contributed by atoms with Crippen LogP contribution in [0.4, 0.5) is 6.01 Å². The van der Waals surface area contributed by atoms with Gasteiger partial charge in [-0.15, -0.1) is 0 Å². The molecule has 1 aromatic carbocycles. The molecule has 0 bridgehead atoms. The zero-order chi connectivity index (χ0) is 13.8. The van der Waals surface area contributed by atoms with Crippen molar-refractivity contribution >= 4 is 23.1 Å². The summed E-state index contributed by atoms with van der Waals surface area (Å²) >= 11 is 0. The predicted molar refractivity (Wildman–Crippen MR) is 70.6 cm³/mol. The molecule has 0 saturated carbocycles. The number of carbonyl (C=O) groups is 1. The summed E-state index contributed by atoms with van der Waals surface area (Å²) in [4.78, 5) is 17.0. The van der Waals surface area contributed by atoms with Crippen LogP contribution in [-0.4, -0.2) is 40.9 Å². The van der Waals surface area contributed by atoms with E-state index in [4.69, 9.17) is 14.6 Å². The van der Waals surface area contributed by atoms with Crippen molar-refractivity contribution in [1.29, 1.82) is 0 Å². The van der Waals surface area contributed by atoms with Gasteiger partial charge in [0.05, 0.1) is 12.2 Å². The van der Waals surface area contributed by atoms with Crippen LogP contribution in [0.5, 0.6) is 0 Å². The SMILES string of the molecule is CCCN(CCO)c1nc2ccc(C(=O)O)cc2o1. The van der Waals surface area contributed by atoms with Crippen molar-refractivity contribution in [2.24, 2.45) is 0 Å². The van der Waals surface area contributed by atoms with Crippen LogP contribution >= 0.6 is 0 Å². The second kappa shape index (κ2) is 5.71. The molecule has 6 nitrogen and oxygen atoms in total. The summed E-state index contributed by atoms with van der Waals surface area (Å²) in [5.74, 6) is -0.999. The van der Waals surface area contributed by atoms with E-state index in [0.29, 0.717) is 23.7 Å². The summed E-state index contributed by atoms with van der Waals surface area (Å²) < 4.78 is 5.57. The number of anilines is 1. The third-order valence-electron chi connectivity index (χ3n) is 2.76. The first-order valence-corrected chi connectivity index (χ1v) is 6.15. The van der Waals surface area contributed by atoms with E-state index in [1.54, 1.807) is 6.07 Å². The fourth-order valence-electron chi connectivity index (χ4n) is 1.87. The van der Waals surface area contributed by atoms with Crippen molar-refractivity contribution in [2.45, 2.75) is 13.3 Å². The number of aromatic nitrogens is 1. The highest BCUT2D eigenvalue weighted by Crippen LogP contribution is 2.23. The van der Waals surface area contributed by atoms with Crippen molar-refractivity contribution in [3.05, 3.63) is 23.8 Å². The number of oxazole rings is 1. The standard InChI is InChI=1S/C13H16N2O4/c1-2-5-15(6-7-16)13-14-10-4-3-9(12(17)18)8-11(10)19-13/h3-4,8,16H,2,5-7H2,1H3,(H,17,18). The number of aliphatic hydroxyl groups is 1. The lowest BCUT2D eigenvalue weighted by molar-refractivity contribution is 0.0697. The summed E-state index contributed by atoms with van der Waals surface area (Å²) in [6.45, 7) is 3.19. The van der Waals surface area contributed by atoms with Crippen LogP contribution < -0.4 is 4.90 Å². The number of hydrogen-bond acceptors (Lipinski definition) is 5. The molecule has 0 unspecified atom stereocenters. The fourth-order valence-corrected chi connectivity index (χ4v) is 1.87. The molecule has 19 heavy (non-hydrogen) atoms. The Bertz CT molecular complexity index is 573. The van der Waals surface area contributed by atoms with E-state index in [-0.39, 0.29) is 12.2 Å². The lowest BCUT2D eigenvalue weighted by atomic mass is 10.2. The monoisotopic (exact) mass is 264 g/mol. The maximum Gasteiger partial charge on any atom is 0.335 e. The van der Waals surface area contributed by atoms with Gasteiger partial charge in [0.25, 0.3) is 6.01 Å². The van der Waals surface area contributed by atoms with Gasteiger partial charge in [-0.2, -0.15) is 4.98 Å². The highest BCUT2D eigenvalue weighted by atomic mass is 16.4. The van der Waals surface area contributed by atoms with Gasteiger partial charge in [-0.25, -0.2) is 4.79 Å². The predicted octanol–water partition coefficient (Wildman–Crippen LogP) is 1.73. The zero-order valence-electron chi connectivity index (χ0n) is 10.7. The second-order valence-corrected chi connectivity index (χ2v) is 4.19. The summed E-state index contributed by atoms with van der Waals surface area (Å²) in [5, 5.41) is 18.0. The number of carboxylic acids is 1. The van der Waals surface area contributed by atoms with E-state index in [9.17, 15) is 4.79 Å². The number of aliphatic hydroxyl groups excluding tert-OH is 1. The van der Waals surface area contributed by atoms with Gasteiger partial charge in [0, 0.05) is 13.1 Å². The average molecular weight is 264 g/mol. The van der Waals surface area contributed by atoms with E-state index >= 15 is 0 Å². The molecule has 1 aromatic heterocycles. The van der Waals surface area contributed by atoms with E-state index < -0.39 is 5.97 Å². The molecule has 0 spiro atoms. The zero-order valence-corrected chi connectivity index (χ0v) is 10.7. The topological polar surface area (TPSA) is 86.8 Å². The molecular weight excluding hydrogens is 248 g/mol. The Labute approximate surface area is 110 Å². The van der Waals surface area contributed by atoms with Gasteiger partial charge in [0.15, 0.2) is 5.58 Å². The molecule has 0 aliphatic heterocycles. The summed E-state index contributed by atoms with van der Waals surface area (Å²) in [7, 11) is 0. The van der Waals surface area contributed by atoms with Crippen molar-refractivity contribution in [1.82, 2.24) is 4.98 Å². The van der Waals surface area contributed by atoms with Crippen LogP contribution in [0.2, 0.25) is 0 Å². The number of nitrogens with zero attached hydrogens (tertiary/aromatic N) is 2. The average Bonchev–Trinajstić information content (AvgIpc) is 2.80. The molecular formula is C13H16N2O4. The summed E-state index contributed by atoms with van der Waals surface area (Å²) in [6.07, 6.45) is 0.902. The number of benzene rings is 1. The molecule has 2 rings (SSSR count). The number of carboxylic acid groups (broad SMARTS) is 1. The van der Waals surface area contributed by atoms with Gasteiger partial charge in [-0.05, 0) is 24.6 Å². The Kier molecular flexibility index (Phi) is 4.01. The Balaban J connectivity index is 2.36. The quantitative estimate of drug-likeness (QED) is 0.826. The third kappa shape index (κ3) is 2.85. The summed E-state index contributed by atoms with van der Waals surface area (Å²) in [5.41, 5.74) is 1.22. The van der Waals surface area contributed by atoms with E-state index in [2.05, 4.69) is 4.98 Å². The van der Waals surface area contributed by atoms with E-state index in [1.807, 2.05) is 11.8 Å². The Morgan fingerprint density at radius 2 is 2.21 bits per heavy atom. The van der Waals surface area contributed by atoms with Crippen molar-refractivity contribution in [3.8, 4) is 0 Å². The van der Waals surface area contributed by atoms with Crippen LogP contribution in [0, 0.1) is 0 Å². The van der Waals surface area contributed by atoms with Crippen LogP contribution in [-0.2, 0) is 0 Å². The van der Waals surface area contributed by atoms with Gasteiger partial charge < -0.3 is 19.5 Å². The smallest absolute Gasteiger partial charge is 0.335 e. The molecule has 1 heterocycles. The Morgan fingerprint density at radius 3 is 2.84 bits per heavy atom. The normalized spacial score (nSPS) is 10.8. The van der Waals surface area contributed by atoms with Gasteiger partial charge >= 0.3 is 5.97 Å². The molecule has 0 radical (unpaired) electrons. The van der Waals surface area contributed by atoms with Crippen molar-refractivity contribution in [3.63, 3.8) is 0 Å².